The topological polar surface area (TPSA) is 613 Å². The minimum Gasteiger partial charge on any atom is -0.549 e. The molecule has 18 N–H and O–H groups in total. The van der Waals surface area contributed by atoms with E-state index in [-0.39, 0.29) is 206 Å². The third-order valence-electron chi connectivity index (χ3n) is 26.4. The third kappa shape index (κ3) is 30.9. The van der Waals surface area contributed by atoms with E-state index in [2.05, 4.69) is 82.0 Å². The zero-order valence-electron chi connectivity index (χ0n) is 73.9. The van der Waals surface area contributed by atoms with Crippen LogP contribution in [0, 0.1) is 95.0 Å². The van der Waals surface area contributed by atoms with Gasteiger partial charge in [0, 0.05) is 156 Å². The molecule has 2 aromatic heterocycles. The van der Waals surface area contributed by atoms with Crippen LogP contribution >= 0.6 is 0 Å². The molecule has 712 valence electrons. The van der Waals surface area contributed by atoms with Crippen molar-refractivity contribution in [1.29, 1.82) is 0 Å². The summed E-state index contributed by atoms with van der Waals surface area (Å²) in [4.78, 5) is 216. The van der Waals surface area contributed by atoms with E-state index in [9.17, 15) is 102 Å². The van der Waals surface area contributed by atoms with Gasteiger partial charge in [-0.05, 0) is 147 Å². The number of para-hydroxylation sites is 1. The van der Waals surface area contributed by atoms with Crippen molar-refractivity contribution in [2.24, 2.45) is 69.6 Å². The number of carboxylic acid groups (broad SMARTS) is 3. The van der Waals surface area contributed by atoms with Gasteiger partial charge in [-0.1, -0.05) is 66.7 Å². The van der Waals surface area contributed by atoms with Crippen LogP contribution in [-0.4, -0.2) is 302 Å². The number of carbonyl (C=O) groups is 15. The maximum Gasteiger partial charge on any atom is 3.00 e. The number of aliphatic hydroxyl groups is 2. The maximum atomic E-state index is 14.7. The van der Waals surface area contributed by atoms with Crippen LogP contribution in [0.25, 0.3) is 10.9 Å². The fraction of sp³-hybridized carbons (Fsp3) is 0.694. The summed E-state index contributed by atoms with van der Waals surface area (Å²) in [6.07, 6.45) is 7.99. The summed E-state index contributed by atoms with van der Waals surface area (Å²) in [6, 6.07) is -2.34. The number of nitrogens with zero attached hydrogens (tertiary/aromatic N) is 5. The predicted octanol–water partition coefficient (Wildman–Crippen LogP) is -6.48. The average Bonchev–Trinajstić information content (AvgIpc) is 1.64. The Bertz CT molecular complexity index is 4300. The number of rotatable bonds is 44. The Labute approximate surface area is 771 Å². The fourth-order valence-corrected chi connectivity index (χ4v) is 20.1. The molecular formula is C85H130LuN19O21S. The number of amides is 12. The number of carbonyl (C=O) groups excluding carboxylic acids is 15. The van der Waals surface area contributed by atoms with Crippen molar-refractivity contribution in [3.05, 3.63) is 54.2 Å². The zero-order chi connectivity index (χ0) is 92.6. The molecule has 3 heterocycles. The summed E-state index contributed by atoms with van der Waals surface area (Å²) in [5, 5.41) is 87.4. The molecule has 42 heteroatoms. The van der Waals surface area contributed by atoms with Gasteiger partial charge in [0.15, 0.2) is 0 Å². The minimum absolute atomic E-state index is 0. The number of nitrogens with two attached hydrogens (primary N) is 2. The summed E-state index contributed by atoms with van der Waals surface area (Å²) < 4.78 is 11.8. The van der Waals surface area contributed by atoms with E-state index in [1.165, 1.54) is 30.6 Å². The van der Waals surface area contributed by atoms with Gasteiger partial charge in [0.1, 0.15) is 42.3 Å². The summed E-state index contributed by atoms with van der Waals surface area (Å²) in [5.74, 6) is -14.2. The van der Waals surface area contributed by atoms with Gasteiger partial charge < -0.3 is 115 Å². The molecule has 1 aromatic carbocycles. The molecule has 5 fully saturated rings. The van der Waals surface area contributed by atoms with E-state index >= 15 is 0 Å². The van der Waals surface area contributed by atoms with E-state index < -0.39 is 192 Å². The first-order chi connectivity index (χ1) is 59.5. The number of aromatic amines is 2. The van der Waals surface area contributed by atoms with Crippen molar-refractivity contribution in [3.63, 3.8) is 0 Å². The Kier molecular flexibility index (Phi) is 40.8. The second kappa shape index (κ2) is 49.3. The Morgan fingerprint density at radius 3 is 1.72 bits per heavy atom. The van der Waals surface area contributed by atoms with Crippen molar-refractivity contribution >= 4 is 110 Å². The minimum atomic E-state index is -1.43. The molecule has 1 saturated heterocycles. The van der Waals surface area contributed by atoms with Crippen LogP contribution in [0.5, 0.6) is 0 Å². The van der Waals surface area contributed by atoms with Gasteiger partial charge in [0.05, 0.1) is 56.1 Å². The van der Waals surface area contributed by atoms with E-state index in [0.29, 0.717) is 67.1 Å². The second-order valence-electron chi connectivity index (χ2n) is 36.2. The summed E-state index contributed by atoms with van der Waals surface area (Å²) in [7, 11) is -1.31. The molecule has 5 aliphatic rings. The van der Waals surface area contributed by atoms with Gasteiger partial charge in [0.25, 0.3) is 0 Å². The number of hydrogen-bond donors (Lipinski definition) is 16. The molecular weight excluding hydrogens is 1830 g/mol. The van der Waals surface area contributed by atoms with Gasteiger partial charge in [-0.25, -0.2) is 4.98 Å². The Morgan fingerprint density at radius 1 is 0.583 bits per heavy atom. The average molecular weight is 1960 g/mol. The van der Waals surface area contributed by atoms with E-state index in [1.807, 2.05) is 13.0 Å². The number of nitrogens with one attached hydrogen (secondary N) is 12. The van der Waals surface area contributed by atoms with Gasteiger partial charge in [-0.15, -0.1) is 0 Å². The van der Waals surface area contributed by atoms with Gasteiger partial charge in [0.2, 0.25) is 70.9 Å². The van der Waals surface area contributed by atoms with E-state index in [1.54, 1.807) is 66.8 Å². The molecule has 1 unspecified atom stereocenters. The van der Waals surface area contributed by atoms with Crippen LogP contribution in [0.15, 0.2) is 43.0 Å². The maximum absolute atomic E-state index is 14.7. The number of aromatic nitrogens is 3. The Hall–Kier alpha value is -8.84. The number of carboxylic acids is 3. The predicted molar refractivity (Wildman–Crippen MR) is 454 cm³/mol. The Balaban J connectivity index is 0.0000221. The monoisotopic (exact) mass is 1960 g/mol. The summed E-state index contributed by atoms with van der Waals surface area (Å²) in [6.45, 7) is 13.1. The molecule has 0 bridgehead atoms. The summed E-state index contributed by atoms with van der Waals surface area (Å²) in [5.41, 5.74) is 11.9. The van der Waals surface area contributed by atoms with Gasteiger partial charge in [-0.3, -0.25) is 81.3 Å². The molecule has 40 nitrogen and oxygen atoms in total. The summed E-state index contributed by atoms with van der Waals surface area (Å²) >= 11 is 0. The number of benzene rings is 1. The normalized spacial score (nSPS) is 24.6. The number of imidazole rings is 1. The fourth-order valence-electron chi connectivity index (χ4n) is 19.5. The molecule has 4 saturated carbocycles. The first-order valence-electron chi connectivity index (χ1n) is 43.7. The number of aliphatic carboxylic acids is 3. The second-order valence-corrected chi connectivity index (χ2v) is 37.8. The molecule has 12 amide bonds. The van der Waals surface area contributed by atoms with Gasteiger partial charge >= 0.3 is 36.9 Å². The van der Waals surface area contributed by atoms with Gasteiger partial charge in [-0.2, -0.15) is 0 Å². The number of aliphatic hydroxyl groups excluding tert-OH is 2. The molecule has 127 heavy (non-hydrogen) atoms. The molecule has 8 rings (SSSR count). The smallest absolute Gasteiger partial charge is 0.549 e. The van der Waals surface area contributed by atoms with E-state index in [0.717, 1.165) is 6.42 Å². The van der Waals surface area contributed by atoms with Crippen molar-refractivity contribution in [2.45, 2.75) is 212 Å². The first kappa shape index (κ1) is 105. The standard InChI is InChI=1S/C85H133N19O21S.Lu/c1-47(2)32-62(81(122)97-60(77(87)118)21-31-126(9)125)98-82(123)64(36-54-39-88-46-92-54)96-70(110)41-91-83(124)76(48(3)4)100-78(119)50(6)93-80(121)63(33-51-38-89-59-13-11-10-12-55(51)59)99-79(120)61(17-18-67(86)107)95-68(108)19-14-49(5)56-15-16-57-75-58(37-66(106)85(56,57)8)84(7)22-20-53(34-52(84)35-65(75)105)94-69(109)40-90-71(111)42-101-23-25-102(43-72(112)113)27-29-104(45-74(116)117)30-28-103(26-24-101)44-73(114)115;/h10-13,38-39,46-50,52-53,56-58,60-66,75-76,89,105-106H,14-37,40-45H2,1-9H3,(H2,86,107)(H2,87,118)(H,88,92)(H,90,111)(H,91,124)(H,93,121)(H,94,109)(H,95,108)(H,96,110)(H,97,122)(H,98,123)(H,99,120)(H,100,119)(H,112,113)(H,114,115)(H,116,117);/q;+3/p-3/t49-,50+,52+,53+,56-,57+,58+,60+,61+,62+,63+,64+,65-,66+,75+,76+,84+,85-,126?;/m1./s1/i;1+2. The number of H-pyrrole nitrogens is 2. The first-order valence-corrected chi connectivity index (χ1v) is 45.4. The van der Waals surface area contributed by atoms with E-state index in [4.69, 9.17) is 11.5 Å². The van der Waals surface area contributed by atoms with Crippen LogP contribution in [-0.2, 0) is 95.6 Å². The third-order valence-corrected chi connectivity index (χ3v) is 27.2. The molecule has 0 radical (unpaired) electrons. The quantitative estimate of drug-likeness (QED) is 0.0250. The van der Waals surface area contributed by atoms with Crippen LogP contribution in [0.1, 0.15) is 150 Å². The number of primary amides is 2. The largest absolute Gasteiger partial charge is 3.00 e. The van der Waals surface area contributed by atoms with Crippen LogP contribution in [0.2, 0.25) is 0 Å². The number of hydrogen-bond acceptors (Lipinski definition) is 26. The molecule has 3 aromatic rings. The molecule has 4 aliphatic carbocycles. The van der Waals surface area contributed by atoms with Crippen molar-refractivity contribution in [1.82, 2.24) is 87.7 Å². The van der Waals surface area contributed by atoms with Crippen LogP contribution in [0.3, 0.4) is 0 Å². The molecule has 1 aliphatic heterocycles. The van der Waals surface area contributed by atoms with Crippen molar-refractivity contribution in [3.8, 4) is 0 Å². The molecule has 19 atom stereocenters. The zero-order valence-corrected chi connectivity index (χ0v) is 76.3. The Morgan fingerprint density at radius 2 is 1.14 bits per heavy atom. The van der Waals surface area contributed by atoms with Crippen LogP contribution < -0.4 is 80.0 Å². The van der Waals surface area contributed by atoms with Crippen molar-refractivity contribution in [2.75, 3.05) is 104 Å². The number of fused-ring (bicyclic) bond motifs is 6. The SMILES string of the molecule is CC(C)C[C@H](NC(=O)[C@H](Cc1cnc[nH]1)NC(=O)CNC(=O)[C@@H](NC(=O)[C@H](C)NC(=O)[C@H](Cc1c[nH]c2ccccc12)NC(=O)[C@H](CCC(N)=O)NC(=O)CC[C@@H](C)[C@H]1CC[C@H]2[C@@H]3[C@H](O)C[C@@H]4C[C@@H](NC(=O)CNC(=O)CN5CCN(CC(=O)[O-])CCN(CC(=O)[O-])CCN(CC(=O)[O-])CC5)CC[C@]4(C)[C@H]3C[C@H](O)[C@]12C)C(C)C)C(=O)N[C@@H](CCS(C)=O)C(N)=O.[177Lu+3]. The van der Waals surface area contributed by atoms with Crippen LogP contribution in [0.4, 0.5) is 0 Å². The molecule has 0 spiro atoms. The van der Waals surface area contributed by atoms with Crippen molar-refractivity contribution < 1.29 is 139 Å².